The van der Waals surface area contributed by atoms with Gasteiger partial charge in [-0.2, -0.15) is 0 Å². The Bertz CT molecular complexity index is 345. The average molecular weight is 191 g/mol. The quantitative estimate of drug-likeness (QED) is 0.574. The second kappa shape index (κ2) is 3.70. The molecule has 0 saturated heterocycles. The highest BCUT2D eigenvalue weighted by atomic mass is 16.5. The smallest absolute Gasteiger partial charge is 0.340 e. The topological polar surface area (TPSA) is 52.3 Å². The normalized spacial score (nSPS) is 16.0. The SMILES string of the molecule is Nc1ccccc1C(=O)OC1CCC1. The van der Waals surface area contributed by atoms with Gasteiger partial charge in [0.1, 0.15) is 6.10 Å². The number of carbonyl (C=O) groups excluding carboxylic acids is 1. The lowest BCUT2D eigenvalue weighted by atomic mass is 9.96. The Balaban J connectivity index is 2.06. The number of hydrogen-bond acceptors (Lipinski definition) is 3. The third kappa shape index (κ3) is 1.71. The van der Waals surface area contributed by atoms with Gasteiger partial charge >= 0.3 is 5.97 Å². The number of nitrogens with two attached hydrogens (primary N) is 1. The molecule has 1 fully saturated rings. The van der Waals surface area contributed by atoms with Crippen molar-refractivity contribution in [3.8, 4) is 0 Å². The van der Waals surface area contributed by atoms with Crippen molar-refractivity contribution in [2.24, 2.45) is 0 Å². The molecule has 2 N–H and O–H groups in total. The van der Waals surface area contributed by atoms with Crippen LogP contribution in [-0.2, 0) is 4.74 Å². The molecule has 1 saturated carbocycles. The zero-order chi connectivity index (χ0) is 9.97. The third-order valence-corrected chi connectivity index (χ3v) is 2.51. The molecule has 3 nitrogen and oxygen atoms in total. The predicted octanol–water partition coefficient (Wildman–Crippen LogP) is 1.98. The van der Waals surface area contributed by atoms with Crippen LogP contribution in [0, 0.1) is 0 Å². The van der Waals surface area contributed by atoms with Gasteiger partial charge in [-0.1, -0.05) is 12.1 Å². The van der Waals surface area contributed by atoms with E-state index in [0.29, 0.717) is 11.3 Å². The van der Waals surface area contributed by atoms with Crippen molar-refractivity contribution in [2.45, 2.75) is 25.4 Å². The predicted molar refractivity (Wildman–Crippen MR) is 53.9 cm³/mol. The molecular formula is C11H13NO2. The van der Waals surface area contributed by atoms with Crippen LogP contribution in [0.25, 0.3) is 0 Å². The highest BCUT2D eigenvalue weighted by Crippen LogP contribution is 2.24. The fraction of sp³-hybridized carbons (Fsp3) is 0.364. The Morgan fingerprint density at radius 1 is 1.36 bits per heavy atom. The summed E-state index contributed by atoms with van der Waals surface area (Å²) in [6.07, 6.45) is 3.24. The summed E-state index contributed by atoms with van der Waals surface area (Å²) in [6.45, 7) is 0. The zero-order valence-electron chi connectivity index (χ0n) is 7.90. The minimum atomic E-state index is -0.298. The molecule has 3 heteroatoms. The van der Waals surface area contributed by atoms with Crippen molar-refractivity contribution in [2.75, 3.05) is 5.73 Å². The zero-order valence-corrected chi connectivity index (χ0v) is 7.90. The van der Waals surface area contributed by atoms with E-state index in [1.165, 1.54) is 0 Å². The van der Waals surface area contributed by atoms with Crippen LogP contribution < -0.4 is 5.73 Å². The molecule has 14 heavy (non-hydrogen) atoms. The molecule has 1 aromatic carbocycles. The Morgan fingerprint density at radius 3 is 2.64 bits per heavy atom. The largest absolute Gasteiger partial charge is 0.459 e. The van der Waals surface area contributed by atoms with Crippen molar-refractivity contribution in [3.63, 3.8) is 0 Å². The monoisotopic (exact) mass is 191 g/mol. The summed E-state index contributed by atoms with van der Waals surface area (Å²) in [4.78, 5) is 11.6. The lowest BCUT2D eigenvalue weighted by Gasteiger charge is -2.25. The van der Waals surface area contributed by atoms with Gasteiger partial charge in [-0.3, -0.25) is 0 Å². The standard InChI is InChI=1S/C11H13NO2/c12-10-7-2-1-6-9(10)11(13)14-8-4-3-5-8/h1-2,6-8H,3-5,12H2. The van der Waals surface area contributed by atoms with Gasteiger partial charge in [-0.25, -0.2) is 4.79 Å². The van der Waals surface area contributed by atoms with Crippen LogP contribution >= 0.6 is 0 Å². The van der Waals surface area contributed by atoms with Gasteiger partial charge in [0, 0.05) is 5.69 Å². The summed E-state index contributed by atoms with van der Waals surface area (Å²) in [5.74, 6) is -0.298. The van der Waals surface area contributed by atoms with Gasteiger partial charge in [-0.05, 0) is 31.4 Å². The van der Waals surface area contributed by atoms with E-state index in [1.807, 2.05) is 0 Å². The fourth-order valence-corrected chi connectivity index (χ4v) is 1.39. The number of carbonyl (C=O) groups is 1. The second-order valence-electron chi connectivity index (χ2n) is 3.55. The Hall–Kier alpha value is -1.51. The van der Waals surface area contributed by atoms with Crippen molar-refractivity contribution in [1.29, 1.82) is 0 Å². The first-order valence-corrected chi connectivity index (χ1v) is 4.83. The van der Waals surface area contributed by atoms with Crippen molar-refractivity contribution in [1.82, 2.24) is 0 Å². The van der Waals surface area contributed by atoms with E-state index in [-0.39, 0.29) is 12.1 Å². The maximum absolute atomic E-state index is 11.6. The number of nitrogen functional groups attached to an aromatic ring is 1. The summed E-state index contributed by atoms with van der Waals surface area (Å²) in [6, 6.07) is 6.98. The molecule has 0 heterocycles. The molecular weight excluding hydrogens is 178 g/mol. The molecule has 0 aromatic heterocycles. The Labute approximate surface area is 82.9 Å². The third-order valence-electron chi connectivity index (χ3n) is 2.51. The molecule has 74 valence electrons. The summed E-state index contributed by atoms with van der Waals surface area (Å²) in [5.41, 5.74) is 6.61. The van der Waals surface area contributed by atoms with E-state index in [1.54, 1.807) is 24.3 Å². The number of hydrogen-bond donors (Lipinski definition) is 1. The van der Waals surface area contributed by atoms with Crippen LogP contribution in [0.1, 0.15) is 29.6 Å². The molecule has 0 bridgehead atoms. The molecule has 1 aliphatic rings. The summed E-state index contributed by atoms with van der Waals surface area (Å²) < 4.78 is 5.23. The first kappa shape index (κ1) is 9.06. The summed E-state index contributed by atoms with van der Waals surface area (Å²) in [5, 5.41) is 0. The number of esters is 1. The van der Waals surface area contributed by atoms with Gasteiger partial charge in [0.2, 0.25) is 0 Å². The highest BCUT2D eigenvalue weighted by Gasteiger charge is 2.22. The molecule has 0 spiro atoms. The maximum Gasteiger partial charge on any atom is 0.340 e. The highest BCUT2D eigenvalue weighted by molar-refractivity contribution is 5.95. The van der Waals surface area contributed by atoms with Crippen LogP contribution in [0.2, 0.25) is 0 Å². The van der Waals surface area contributed by atoms with Crippen LogP contribution in [0.5, 0.6) is 0 Å². The number of ether oxygens (including phenoxy) is 1. The first-order chi connectivity index (χ1) is 6.77. The van der Waals surface area contributed by atoms with E-state index < -0.39 is 0 Å². The van der Waals surface area contributed by atoms with Gasteiger partial charge in [0.25, 0.3) is 0 Å². The van der Waals surface area contributed by atoms with E-state index >= 15 is 0 Å². The summed E-state index contributed by atoms with van der Waals surface area (Å²) >= 11 is 0. The number of rotatable bonds is 2. The Morgan fingerprint density at radius 2 is 2.07 bits per heavy atom. The molecule has 0 aliphatic heterocycles. The fourth-order valence-electron chi connectivity index (χ4n) is 1.39. The molecule has 0 radical (unpaired) electrons. The van der Waals surface area contributed by atoms with Crippen molar-refractivity contribution < 1.29 is 9.53 Å². The van der Waals surface area contributed by atoms with Crippen LogP contribution in [0.4, 0.5) is 5.69 Å². The number of benzene rings is 1. The van der Waals surface area contributed by atoms with Crippen molar-refractivity contribution >= 4 is 11.7 Å². The number of para-hydroxylation sites is 1. The van der Waals surface area contributed by atoms with Crippen LogP contribution in [0.3, 0.4) is 0 Å². The minimum Gasteiger partial charge on any atom is -0.459 e. The maximum atomic E-state index is 11.6. The van der Waals surface area contributed by atoms with Gasteiger partial charge < -0.3 is 10.5 Å². The molecule has 2 rings (SSSR count). The van der Waals surface area contributed by atoms with Gasteiger partial charge in [0.15, 0.2) is 0 Å². The molecule has 0 amide bonds. The minimum absolute atomic E-state index is 0.113. The molecule has 1 aromatic rings. The molecule has 0 unspecified atom stereocenters. The van der Waals surface area contributed by atoms with Gasteiger partial charge in [0.05, 0.1) is 5.56 Å². The van der Waals surface area contributed by atoms with E-state index in [0.717, 1.165) is 19.3 Å². The summed E-state index contributed by atoms with van der Waals surface area (Å²) in [7, 11) is 0. The number of anilines is 1. The van der Waals surface area contributed by atoms with Crippen LogP contribution in [0.15, 0.2) is 24.3 Å². The van der Waals surface area contributed by atoms with E-state index in [4.69, 9.17) is 10.5 Å². The van der Waals surface area contributed by atoms with E-state index in [2.05, 4.69) is 0 Å². The van der Waals surface area contributed by atoms with E-state index in [9.17, 15) is 4.79 Å². The molecule has 0 atom stereocenters. The molecule has 1 aliphatic carbocycles. The average Bonchev–Trinajstić information content (AvgIpc) is 2.12. The Kier molecular flexibility index (Phi) is 2.39. The lowest BCUT2D eigenvalue weighted by Crippen LogP contribution is -2.25. The van der Waals surface area contributed by atoms with Crippen LogP contribution in [-0.4, -0.2) is 12.1 Å². The van der Waals surface area contributed by atoms with Crippen molar-refractivity contribution in [3.05, 3.63) is 29.8 Å². The lowest BCUT2D eigenvalue weighted by molar-refractivity contribution is 0.00913. The van der Waals surface area contributed by atoms with Gasteiger partial charge in [-0.15, -0.1) is 0 Å². The first-order valence-electron chi connectivity index (χ1n) is 4.83. The second-order valence-corrected chi connectivity index (χ2v) is 3.55.